The van der Waals surface area contributed by atoms with Crippen LogP contribution < -0.4 is 20.7 Å². The molecule has 0 fully saturated rings. The van der Waals surface area contributed by atoms with Gasteiger partial charge in [-0.05, 0) is 74.5 Å². The molecule has 0 aliphatic carbocycles. The fraction of sp³-hybridized carbons (Fsp3) is 0.167. The van der Waals surface area contributed by atoms with Gasteiger partial charge in [0.2, 0.25) is 5.91 Å². The van der Waals surface area contributed by atoms with Gasteiger partial charge >= 0.3 is 0 Å². The number of amides is 2. The third-order valence-corrected chi connectivity index (χ3v) is 4.14. The molecule has 0 aromatic heterocycles. The molecule has 6 nitrogen and oxygen atoms in total. The first-order valence-corrected chi connectivity index (χ1v) is 9.77. The maximum Gasteiger partial charge on any atom is 0.251 e. The minimum Gasteiger partial charge on any atom is -0.457 e. The summed E-state index contributed by atoms with van der Waals surface area (Å²) in [4.78, 5) is 24.1. The predicted octanol–water partition coefficient (Wildman–Crippen LogP) is 4.67. The van der Waals surface area contributed by atoms with E-state index in [0.29, 0.717) is 11.3 Å². The van der Waals surface area contributed by atoms with E-state index in [-0.39, 0.29) is 24.4 Å². The zero-order valence-electron chi connectivity index (χ0n) is 17.0. The molecule has 3 aromatic carbocycles. The Morgan fingerprint density at radius 3 is 2.03 bits per heavy atom. The quantitative estimate of drug-likeness (QED) is 0.511. The summed E-state index contributed by atoms with van der Waals surface area (Å²) in [6.07, 6.45) is 0. The maximum absolute atomic E-state index is 12.2. The zero-order chi connectivity index (χ0) is 21.3. The van der Waals surface area contributed by atoms with Gasteiger partial charge in [-0.15, -0.1) is 0 Å². The molecule has 0 atom stereocenters. The molecular weight excluding hydrogens is 378 g/mol. The second kappa shape index (κ2) is 10.1. The Morgan fingerprint density at radius 2 is 1.40 bits per heavy atom. The Kier molecular flexibility index (Phi) is 7.05. The van der Waals surface area contributed by atoms with Crippen LogP contribution in [0.1, 0.15) is 24.2 Å². The first-order valence-electron chi connectivity index (χ1n) is 9.77. The van der Waals surface area contributed by atoms with Gasteiger partial charge in [0.15, 0.2) is 0 Å². The van der Waals surface area contributed by atoms with Crippen molar-refractivity contribution >= 4 is 23.2 Å². The number of carbonyl (C=O) groups is 2. The third-order valence-electron chi connectivity index (χ3n) is 4.14. The fourth-order valence-corrected chi connectivity index (χ4v) is 2.70. The van der Waals surface area contributed by atoms with Gasteiger partial charge in [-0.3, -0.25) is 9.59 Å². The summed E-state index contributed by atoms with van der Waals surface area (Å²) in [7, 11) is 0. The lowest BCUT2D eigenvalue weighted by Crippen LogP contribution is -2.30. The van der Waals surface area contributed by atoms with Crippen molar-refractivity contribution in [2.75, 3.05) is 17.2 Å². The van der Waals surface area contributed by atoms with Crippen molar-refractivity contribution in [2.45, 2.75) is 19.9 Å². The molecule has 3 aromatic rings. The van der Waals surface area contributed by atoms with E-state index in [1.165, 1.54) is 0 Å². The van der Waals surface area contributed by atoms with Crippen molar-refractivity contribution in [3.8, 4) is 11.5 Å². The minimum absolute atomic E-state index is 0.0712. The van der Waals surface area contributed by atoms with Gasteiger partial charge in [0.05, 0.1) is 6.54 Å². The first kappa shape index (κ1) is 20.9. The molecule has 0 heterocycles. The van der Waals surface area contributed by atoms with E-state index in [0.717, 1.165) is 17.2 Å². The Morgan fingerprint density at radius 1 is 0.800 bits per heavy atom. The van der Waals surface area contributed by atoms with Crippen LogP contribution in [0.5, 0.6) is 11.5 Å². The Balaban J connectivity index is 1.47. The number of rotatable bonds is 8. The summed E-state index contributed by atoms with van der Waals surface area (Å²) in [6, 6.07) is 23.8. The standard InChI is InChI=1S/C24H25N3O3/c1-17(2)26-24(29)18-8-10-20(11-9-18)27-23(28)16-25-19-12-14-22(15-13-19)30-21-6-4-3-5-7-21/h3-15,17,25H,16H2,1-2H3,(H,26,29)(H,27,28). The van der Waals surface area contributed by atoms with Crippen LogP contribution in [0.15, 0.2) is 78.9 Å². The molecule has 0 radical (unpaired) electrons. The number of para-hydroxylation sites is 1. The van der Waals surface area contributed by atoms with E-state index in [1.54, 1.807) is 24.3 Å². The van der Waals surface area contributed by atoms with E-state index >= 15 is 0 Å². The molecule has 154 valence electrons. The lowest BCUT2D eigenvalue weighted by Gasteiger charge is -2.11. The normalized spacial score (nSPS) is 10.4. The summed E-state index contributed by atoms with van der Waals surface area (Å²) in [5, 5.41) is 8.71. The van der Waals surface area contributed by atoms with Crippen molar-refractivity contribution in [1.29, 1.82) is 0 Å². The third kappa shape index (κ3) is 6.38. The average molecular weight is 403 g/mol. The highest BCUT2D eigenvalue weighted by atomic mass is 16.5. The second-order valence-electron chi connectivity index (χ2n) is 7.05. The van der Waals surface area contributed by atoms with Crippen LogP contribution in [0.4, 0.5) is 11.4 Å². The SMILES string of the molecule is CC(C)NC(=O)c1ccc(NC(=O)CNc2ccc(Oc3ccccc3)cc2)cc1. The largest absolute Gasteiger partial charge is 0.457 e. The highest BCUT2D eigenvalue weighted by Gasteiger charge is 2.08. The van der Waals surface area contributed by atoms with Crippen molar-refractivity contribution in [3.05, 3.63) is 84.4 Å². The van der Waals surface area contributed by atoms with E-state index < -0.39 is 0 Å². The van der Waals surface area contributed by atoms with Gasteiger partial charge in [-0.1, -0.05) is 18.2 Å². The highest BCUT2D eigenvalue weighted by molar-refractivity contribution is 5.96. The molecule has 30 heavy (non-hydrogen) atoms. The first-order chi connectivity index (χ1) is 14.5. The lowest BCUT2D eigenvalue weighted by molar-refractivity contribution is -0.114. The summed E-state index contributed by atoms with van der Waals surface area (Å²) in [5.41, 5.74) is 2.00. The van der Waals surface area contributed by atoms with Crippen LogP contribution in [-0.4, -0.2) is 24.4 Å². The summed E-state index contributed by atoms with van der Waals surface area (Å²) in [5.74, 6) is 1.17. The van der Waals surface area contributed by atoms with Gasteiger partial charge < -0.3 is 20.7 Å². The van der Waals surface area contributed by atoms with Crippen LogP contribution in [0.25, 0.3) is 0 Å². The maximum atomic E-state index is 12.2. The van der Waals surface area contributed by atoms with Crippen LogP contribution >= 0.6 is 0 Å². The Hall–Kier alpha value is -3.80. The highest BCUT2D eigenvalue weighted by Crippen LogP contribution is 2.22. The van der Waals surface area contributed by atoms with E-state index in [2.05, 4.69) is 16.0 Å². The number of anilines is 2. The molecule has 6 heteroatoms. The Bertz CT molecular complexity index is 969. The van der Waals surface area contributed by atoms with Crippen molar-refractivity contribution in [2.24, 2.45) is 0 Å². The average Bonchev–Trinajstić information content (AvgIpc) is 2.74. The molecule has 0 aliphatic rings. The molecule has 0 bridgehead atoms. The van der Waals surface area contributed by atoms with Crippen molar-refractivity contribution in [3.63, 3.8) is 0 Å². The van der Waals surface area contributed by atoms with Gasteiger partial charge in [-0.25, -0.2) is 0 Å². The van der Waals surface area contributed by atoms with Crippen molar-refractivity contribution in [1.82, 2.24) is 5.32 Å². The number of nitrogens with one attached hydrogen (secondary N) is 3. The molecular formula is C24H25N3O3. The molecule has 3 N–H and O–H groups in total. The molecule has 0 unspecified atom stereocenters. The van der Waals surface area contributed by atoms with E-state index in [1.807, 2.05) is 68.4 Å². The van der Waals surface area contributed by atoms with Crippen LogP contribution in [0, 0.1) is 0 Å². The van der Waals surface area contributed by atoms with Gasteiger partial charge in [-0.2, -0.15) is 0 Å². The smallest absolute Gasteiger partial charge is 0.251 e. The number of benzene rings is 3. The predicted molar refractivity (Wildman–Crippen MR) is 119 cm³/mol. The number of hydrogen-bond donors (Lipinski definition) is 3. The van der Waals surface area contributed by atoms with Crippen LogP contribution in [0.2, 0.25) is 0 Å². The number of carbonyl (C=O) groups excluding carboxylic acids is 2. The van der Waals surface area contributed by atoms with Crippen molar-refractivity contribution < 1.29 is 14.3 Å². The molecule has 0 aliphatic heterocycles. The van der Waals surface area contributed by atoms with E-state index in [9.17, 15) is 9.59 Å². The van der Waals surface area contributed by atoms with Crippen LogP contribution in [-0.2, 0) is 4.79 Å². The molecule has 0 spiro atoms. The van der Waals surface area contributed by atoms with Gasteiger partial charge in [0.25, 0.3) is 5.91 Å². The summed E-state index contributed by atoms with van der Waals surface area (Å²) >= 11 is 0. The number of ether oxygens (including phenoxy) is 1. The molecule has 0 saturated heterocycles. The second-order valence-corrected chi connectivity index (χ2v) is 7.05. The van der Waals surface area contributed by atoms with Gasteiger partial charge in [0, 0.05) is 23.0 Å². The van der Waals surface area contributed by atoms with E-state index in [4.69, 9.17) is 4.74 Å². The fourth-order valence-electron chi connectivity index (χ4n) is 2.70. The minimum atomic E-state index is -0.181. The van der Waals surface area contributed by atoms with Crippen LogP contribution in [0.3, 0.4) is 0 Å². The molecule has 2 amide bonds. The zero-order valence-corrected chi connectivity index (χ0v) is 17.0. The topological polar surface area (TPSA) is 79.5 Å². The monoisotopic (exact) mass is 403 g/mol. The molecule has 0 saturated carbocycles. The summed E-state index contributed by atoms with van der Waals surface area (Å²) in [6.45, 7) is 3.93. The summed E-state index contributed by atoms with van der Waals surface area (Å²) < 4.78 is 5.75. The number of hydrogen-bond acceptors (Lipinski definition) is 4. The lowest BCUT2D eigenvalue weighted by atomic mass is 10.2. The van der Waals surface area contributed by atoms with Gasteiger partial charge in [0.1, 0.15) is 11.5 Å². The Labute approximate surface area is 176 Å². The molecule has 3 rings (SSSR count).